The van der Waals surface area contributed by atoms with E-state index in [0.29, 0.717) is 29.5 Å². The van der Waals surface area contributed by atoms with Gasteiger partial charge in [-0.1, -0.05) is 0 Å². The number of pyridine rings is 1. The number of anilines is 1. The van der Waals surface area contributed by atoms with Crippen LogP contribution in [0.15, 0.2) is 59.5 Å². The van der Waals surface area contributed by atoms with Crippen molar-refractivity contribution >= 4 is 22.6 Å². The summed E-state index contributed by atoms with van der Waals surface area (Å²) in [7, 11) is 0. The molecule has 4 rings (SSSR count). The molecule has 8 nitrogen and oxygen atoms in total. The van der Waals surface area contributed by atoms with Crippen LogP contribution < -0.4 is 10.1 Å². The van der Waals surface area contributed by atoms with E-state index in [-0.39, 0.29) is 11.7 Å². The smallest absolute Gasteiger partial charge is 0.291 e. The minimum Gasteiger partial charge on any atom is -0.486 e. The molecule has 3 aromatic heterocycles. The van der Waals surface area contributed by atoms with Crippen molar-refractivity contribution in [3.8, 4) is 5.75 Å². The maximum Gasteiger partial charge on any atom is 0.291 e. The van der Waals surface area contributed by atoms with Crippen LogP contribution in [-0.2, 0) is 6.61 Å². The molecule has 1 amide bonds. The number of ether oxygens (including phenoxy) is 1. The van der Waals surface area contributed by atoms with E-state index >= 15 is 0 Å². The lowest BCUT2D eigenvalue weighted by Gasteiger charge is -2.06. The van der Waals surface area contributed by atoms with E-state index in [1.807, 2.05) is 0 Å². The molecule has 0 fully saturated rings. The number of amides is 1. The second-order valence-corrected chi connectivity index (χ2v) is 5.22. The third-order valence-corrected chi connectivity index (χ3v) is 3.49. The number of nitrogens with zero attached hydrogens (tertiary/aromatic N) is 3. The highest BCUT2D eigenvalue weighted by atomic mass is 16.5. The van der Waals surface area contributed by atoms with Gasteiger partial charge < -0.3 is 14.5 Å². The Bertz CT molecular complexity index is 960. The number of benzene rings is 1. The van der Waals surface area contributed by atoms with Crippen LogP contribution in [0.4, 0.5) is 5.69 Å². The highest BCUT2D eigenvalue weighted by Gasteiger charge is 2.12. The van der Waals surface area contributed by atoms with Crippen molar-refractivity contribution in [1.29, 1.82) is 0 Å². The summed E-state index contributed by atoms with van der Waals surface area (Å²) in [6, 6.07) is 10.4. The first-order valence-electron chi connectivity index (χ1n) is 7.50. The Labute approximate surface area is 141 Å². The van der Waals surface area contributed by atoms with Crippen LogP contribution in [0.3, 0.4) is 0 Å². The fourth-order valence-electron chi connectivity index (χ4n) is 2.28. The summed E-state index contributed by atoms with van der Waals surface area (Å²) >= 11 is 0. The summed E-state index contributed by atoms with van der Waals surface area (Å²) in [6.45, 7) is 0.290. The maximum atomic E-state index is 12.3. The molecule has 0 saturated carbocycles. The van der Waals surface area contributed by atoms with Crippen molar-refractivity contribution < 1.29 is 13.9 Å². The molecule has 4 aromatic rings. The Hall–Kier alpha value is -3.68. The Kier molecular flexibility index (Phi) is 3.83. The van der Waals surface area contributed by atoms with E-state index in [0.717, 1.165) is 5.39 Å². The third kappa shape index (κ3) is 3.32. The normalized spacial score (nSPS) is 10.7. The molecule has 0 bridgehead atoms. The van der Waals surface area contributed by atoms with E-state index in [2.05, 4.69) is 25.5 Å². The number of carbonyl (C=O) groups excluding carboxylic acids is 1. The minimum atomic E-state index is -0.327. The van der Waals surface area contributed by atoms with E-state index in [9.17, 15) is 4.79 Å². The highest BCUT2D eigenvalue weighted by molar-refractivity contribution is 6.04. The molecular weight excluding hydrogens is 322 g/mol. The van der Waals surface area contributed by atoms with Crippen LogP contribution in [0.5, 0.6) is 5.75 Å². The fraction of sp³-hybridized carbons (Fsp3) is 0.0588. The number of H-pyrrole nitrogens is 1. The predicted octanol–water partition coefficient (Wildman–Crippen LogP) is 2.78. The molecule has 0 saturated heterocycles. The number of hydrogen-bond acceptors (Lipinski definition) is 6. The average Bonchev–Trinajstić information content (AvgIpc) is 3.30. The topological polar surface area (TPSA) is 106 Å². The zero-order valence-electron chi connectivity index (χ0n) is 13.0. The van der Waals surface area contributed by atoms with E-state index in [1.165, 1.54) is 6.33 Å². The van der Waals surface area contributed by atoms with Crippen molar-refractivity contribution in [3.63, 3.8) is 0 Å². The summed E-state index contributed by atoms with van der Waals surface area (Å²) in [5.41, 5.74) is 1.26. The van der Waals surface area contributed by atoms with Gasteiger partial charge in [0.05, 0.1) is 0 Å². The molecule has 124 valence electrons. The van der Waals surface area contributed by atoms with Gasteiger partial charge >= 0.3 is 0 Å². The molecule has 8 heteroatoms. The monoisotopic (exact) mass is 335 g/mol. The van der Waals surface area contributed by atoms with Crippen molar-refractivity contribution in [2.75, 3.05) is 5.32 Å². The lowest BCUT2D eigenvalue weighted by Crippen LogP contribution is -2.10. The molecular formula is C17H13N5O3. The largest absolute Gasteiger partial charge is 0.486 e. The van der Waals surface area contributed by atoms with Crippen LogP contribution >= 0.6 is 0 Å². The zero-order chi connectivity index (χ0) is 17.1. The fourth-order valence-corrected chi connectivity index (χ4v) is 2.28. The zero-order valence-corrected chi connectivity index (χ0v) is 13.0. The summed E-state index contributed by atoms with van der Waals surface area (Å²) in [6.07, 6.45) is 4.69. The van der Waals surface area contributed by atoms with Crippen LogP contribution in [0.25, 0.3) is 11.0 Å². The second kappa shape index (κ2) is 6.44. The number of hydrogen-bond donors (Lipinski definition) is 2. The summed E-state index contributed by atoms with van der Waals surface area (Å²) in [4.78, 5) is 20.2. The Balaban J connectivity index is 1.40. The van der Waals surface area contributed by atoms with E-state index in [4.69, 9.17) is 9.15 Å². The number of rotatable bonds is 5. The van der Waals surface area contributed by atoms with Crippen LogP contribution in [0.1, 0.15) is 16.4 Å². The molecule has 25 heavy (non-hydrogen) atoms. The molecule has 0 radical (unpaired) electrons. The summed E-state index contributed by atoms with van der Waals surface area (Å²) in [5, 5.41) is 10.0. The van der Waals surface area contributed by atoms with Gasteiger partial charge in [0.1, 0.15) is 24.3 Å². The number of furan rings is 1. The molecule has 0 aliphatic carbocycles. The lowest BCUT2D eigenvalue weighted by molar-refractivity contribution is 0.0998. The van der Waals surface area contributed by atoms with Gasteiger partial charge in [-0.2, -0.15) is 5.10 Å². The summed E-state index contributed by atoms with van der Waals surface area (Å²) in [5.74, 6) is 1.20. The average molecular weight is 335 g/mol. The number of carbonyl (C=O) groups is 1. The Morgan fingerprint density at radius 3 is 2.88 bits per heavy atom. The first kappa shape index (κ1) is 14.9. The Morgan fingerprint density at radius 2 is 2.12 bits per heavy atom. The SMILES string of the molecule is O=C(Nc1ccc(OCc2ncn[nH]2)cc1)c1cc2cnccc2o1. The number of fused-ring (bicyclic) bond motifs is 1. The van der Waals surface area contributed by atoms with Gasteiger partial charge in [-0.05, 0) is 36.4 Å². The molecule has 3 heterocycles. The maximum absolute atomic E-state index is 12.3. The molecule has 0 atom stereocenters. The highest BCUT2D eigenvalue weighted by Crippen LogP contribution is 2.20. The molecule has 1 aromatic carbocycles. The molecule has 2 N–H and O–H groups in total. The van der Waals surface area contributed by atoms with Gasteiger partial charge in [0.15, 0.2) is 11.6 Å². The van der Waals surface area contributed by atoms with Crippen molar-refractivity contribution in [2.45, 2.75) is 6.61 Å². The van der Waals surface area contributed by atoms with Gasteiger partial charge in [-0.15, -0.1) is 0 Å². The lowest BCUT2D eigenvalue weighted by atomic mass is 10.3. The van der Waals surface area contributed by atoms with Gasteiger partial charge in [0, 0.05) is 23.5 Å². The third-order valence-electron chi connectivity index (χ3n) is 3.49. The Morgan fingerprint density at radius 1 is 1.24 bits per heavy atom. The van der Waals surface area contributed by atoms with Gasteiger partial charge in [0.2, 0.25) is 0 Å². The second-order valence-electron chi connectivity index (χ2n) is 5.22. The predicted molar refractivity (Wildman–Crippen MR) is 89.1 cm³/mol. The molecule has 0 aliphatic heterocycles. The van der Waals surface area contributed by atoms with Crippen LogP contribution in [0, 0.1) is 0 Å². The number of aromatic amines is 1. The number of nitrogens with one attached hydrogen (secondary N) is 2. The van der Waals surface area contributed by atoms with Gasteiger partial charge in [-0.3, -0.25) is 14.9 Å². The first-order valence-corrected chi connectivity index (χ1v) is 7.50. The van der Waals surface area contributed by atoms with E-state index < -0.39 is 0 Å². The first-order chi connectivity index (χ1) is 12.3. The van der Waals surface area contributed by atoms with Crippen molar-refractivity contribution in [3.05, 3.63) is 66.7 Å². The van der Waals surface area contributed by atoms with Gasteiger partial charge in [-0.25, -0.2) is 4.98 Å². The van der Waals surface area contributed by atoms with E-state index in [1.54, 1.807) is 48.8 Å². The minimum absolute atomic E-state index is 0.230. The van der Waals surface area contributed by atoms with Crippen molar-refractivity contribution in [1.82, 2.24) is 20.2 Å². The molecule has 0 spiro atoms. The molecule has 0 unspecified atom stereocenters. The standard InChI is InChI=1S/C17H13N5O3/c23-17(15-7-11-8-18-6-5-14(11)25-15)21-12-1-3-13(4-2-12)24-9-16-19-10-20-22-16/h1-8,10H,9H2,(H,21,23)(H,19,20,22). The molecule has 0 aliphatic rings. The quantitative estimate of drug-likeness (QED) is 0.581. The number of aromatic nitrogens is 4. The van der Waals surface area contributed by atoms with Crippen molar-refractivity contribution in [2.24, 2.45) is 0 Å². The van der Waals surface area contributed by atoms with Gasteiger partial charge in [0.25, 0.3) is 5.91 Å². The van der Waals surface area contributed by atoms with Crippen LogP contribution in [-0.4, -0.2) is 26.1 Å². The van der Waals surface area contributed by atoms with Crippen LogP contribution in [0.2, 0.25) is 0 Å². The summed E-state index contributed by atoms with van der Waals surface area (Å²) < 4.78 is 11.1.